The Bertz CT molecular complexity index is 916. The van der Waals surface area contributed by atoms with Gasteiger partial charge in [-0.1, -0.05) is 0 Å². The van der Waals surface area contributed by atoms with Crippen LogP contribution in [0.3, 0.4) is 0 Å². The van der Waals surface area contributed by atoms with Crippen molar-refractivity contribution in [3.05, 3.63) is 45.8 Å². The van der Waals surface area contributed by atoms with Crippen LogP contribution in [-0.2, 0) is 4.74 Å². The summed E-state index contributed by atoms with van der Waals surface area (Å²) in [6.45, 7) is 5.49. The second-order valence-corrected chi connectivity index (χ2v) is 8.62. The highest BCUT2D eigenvalue weighted by Gasteiger charge is 2.21. The van der Waals surface area contributed by atoms with Crippen LogP contribution in [0.5, 0.6) is 0 Å². The second-order valence-electron chi connectivity index (χ2n) is 6.99. The summed E-state index contributed by atoms with van der Waals surface area (Å²) in [7, 11) is 1.36. The molecule has 3 rings (SSSR count). The van der Waals surface area contributed by atoms with Crippen molar-refractivity contribution >= 4 is 51.2 Å². The number of piperidine rings is 1. The van der Waals surface area contributed by atoms with Crippen molar-refractivity contribution in [1.82, 2.24) is 4.90 Å². The van der Waals surface area contributed by atoms with E-state index in [0.29, 0.717) is 21.2 Å². The fraction of sp³-hybridized carbons (Fsp3) is 0.381. The number of thiocarbonyl (C=S) groups is 1. The van der Waals surface area contributed by atoms with E-state index in [0.717, 1.165) is 42.1 Å². The zero-order valence-electron chi connectivity index (χ0n) is 16.8. The number of esters is 1. The molecule has 6 nitrogen and oxygen atoms in total. The first-order chi connectivity index (χ1) is 13.9. The largest absolute Gasteiger partial charge is 0.465 e. The van der Waals surface area contributed by atoms with E-state index in [9.17, 15) is 9.59 Å². The lowest BCUT2D eigenvalue weighted by molar-refractivity contribution is 0.0601. The van der Waals surface area contributed by atoms with Gasteiger partial charge in [0.25, 0.3) is 5.91 Å². The molecule has 2 aromatic rings. The van der Waals surface area contributed by atoms with Crippen molar-refractivity contribution in [2.75, 3.05) is 30.8 Å². The summed E-state index contributed by atoms with van der Waals surface area (Å²) in [6, 6.07) is 7.27. The van der Waals surface area contributed by atoms with Crippen LogP contribution in [0.2, 0.25) is 0 Å². The maximum atomic E-state index is 12.6. The van der Waals surface area contributed by atoms with Crippen LogP contribution in [0, 0.1) is 13.8 Å². The Morgan fingerprint density at radius 2 is 1.72 bits per heavy atom. The number of amides is 1. The minimum Gasteiger partial charge on any atom is -0.465 e. The number of likely N-dealkylation sites (tertiary alicyclic amines) is 1. The Morgan fingerprint density at radius 3 is 2.34 bits per heavy atom. The van der Waals surface area contributed by atoms with Gasteiger partial charge in [-0.3, -0.25) is 4.79 Å². The van der Waals surface area contributed by atoms with E-state index in [1.54, 1.807) is 12.1 Å². The number of hydrogen-bond donors (Lipinski definition) is 2. The van der Waals surface area contributed by atoms with E-state index in [4.69, 9.17) is 17.0 Å². The molecule has 1 amide bonds. The van der Waals surface area contributed by atoms with Gasteiger partial charge in [-0.25, -0.2) is 4.79 Å². The van der Waals surface area contributed by atoms with Gasteiger partial charge in [0.15, 0.2) is 5.11 Å². The Morgan fingerprint density at radius 1 is 1.07 bits per heavy atom. The fourth-order valence-corrected chi connectivity index (χ4v) is 4.64. The Kier molecular flexibility index (Phi) is 6.87. The molecule has 0 bridgehead atoms. The molecule has 0 aliphatic carbocycles. The highest BCUT2D eigenvalue weighted by Crippen LogP contribution is 2.33. The molecule has 1 aromatic heterocycles. The van der Waals surface area contributed by atoms with Gasteiger partial charge in [-0.15, -0.1) is 11.3 Å². The molecule has 0 spiro atoms. The summed E-state index contributed by atoms with van der Waals surface area (Å²) >= 11 is 6.85. The molecule has 154 valence electrons. The molecular formula is C21H25N3O3S2. The molecule has 0 saturated carbocycles. The van der Waals surface area contributed by atoms with Crippen LogP contribution in [0.1, 0.15) is 50.4 Å². The number of ether oxygens (including phenoxy) is 1. The molecule has 0 atom stereocenters. The lowest BCUT2D eigenvalue weighted by atomic mass is 10.1. The van der Waals surface area contributed by atoms with E-state index >= 15 is 0 Å². The van der Waals surface area contributed by atoms with Crippen molar-refractivity contribution in [2.24, 2.45) is 0 Å². The number of carbonyl (C=O) groups is 2. The minimum absolute atomic E-state index is 0.0733. The van der Waals surface area contributed by atoms with Gasteiger partial charge < -0.3 is 20.3 Å². The summed E-state index contributed by atoms with van der Waals surface area (Å²) in [6.07, 6.45) is 3.33. The molecule has 1 aliphatic rings. The smallest absolute Gasteiger partial charge is 0.341 e. The van der Waals surface area contributed by atoms with Gasteiger partial charge in [0.2, 0.25) is 0 Å². The SMILES string of the molecule is COC(=O)c1c(NC(=S)Nc2ccc(C(=O)N3CCCCC3)cc2)sc(C)c1C. The second kappa shape index (κ2) is 9.37. The first-order valence-corrected chi connectivity index (χ1v) is 10.8. The van der Waals surface area contributed by atoms with Gasteiger partial charge in [-0.2, -0.15) is 0 Å². The standard InChI is InChI=1S/C21H25N3O3S2/c1-13-14(2)29-18(17(13)20(26)27-3)23-21(28)22-16-9-7-15(8-10-16)19(25)24-11-5-4-6-12-24/h7-10H,4-6,11-12H2,1-3H3,(H2,22,23,28). The maximum absolute atomic E-state index is 12.6. The van der Waals surface area contributed by atoms with Crippen molar-refractivity contribution < 1.29 is 14.3 Å². The van der Waals surface area contributed by atoms with Gasteiger partial charge in [-0.05, 0) is 75.2 Å². The number of carbonyl (C=O) groups excluding carboxylic acids is 2. The van der Waals surface area contributed by atoms with Crippen LogP contribution in [-0.4, -0.2) is 42.1 Å². The lowest BCUT2D eigenvalue weighted by Gasteiger charge is -2.26. The summed E-state index contributed by atoms with van der Waals surface area (Å²) in [5, 5.41) is 7.21. The third-order valence-electron chi connectivity index (χ3n) is 5.03. The maximum Gasteiger partial charge on any atom is 0.341 e. The van der Waals surface area contributed by atoms with Crippen LogP contribution in [0.15, 0.2) is 24.3 Å². The van der Waals surface area contributed by atoms with Crippen LogP contribution < -0.4 is 10.6 Å². The molecule has 1 aromatic carbocycles. The first kappa shape index (κ1) is 21.3. The number of methoxy groups -OCH3 is 1. The van der Waals surface area contributed by atoms with Crippen molar-refractivity contribution in [3.63, 3.8) is 0 Å². The Labute approximate surface area is 180 Å². The first-order valence-electron chi connectivity index (χ1n) is 9.56. The third kappa shape index (κ3) is 4.94. The molecule has 29 heavy (non-hydrogen) atoms. The number of benzene rings is 1. The van der Waals surface area contributed by atoms with E-state index in [2.05, 4.69) is 10.6 Å². The van der Waals surface area contributed by atoms with Crippen LogP contribution in [0.4, 0.5) is 10.7 Å². The van der Waals surface area contributed by atoms with Crippen molar-refractivity contribution in [2.45, 2.75) is 33.1 Å². The molecule has 1 fully saturated rings. The summed E-state index contributed by atoms with van der Waals surface area (Å²) in [4.78, 5) is 27.6. The summed E-state index contributed by atoms with van der Waals surface area (Å²) in [5.74, 6) is -0.318. The molecule has 1 aliphatic heterocycles. The number of hydrogen-bond acceptors (Lipinski definition) is 5. The average Bonchev–Trinajstić information content (AvgIpc) is 3.01. The number of anilines is 2. The molecule has 0 unspecified atom stereocenters. The highest BCUT2D eigenvalue weighted by molar-refractivity contribution is 7.80. The monoisotopic (exact) mass is 431 g/mol. The molecule has 8 heteroatoms. The number of aryl methyl sites for hydroxylation is 1. The number of nitrogens with one attached hydrogen (secondary N) is 2. The molecular weight excluding hydrogens is 406 g/mol. The normalized spacial score (nSPS) is 13.7. The fourth-order valence-electron chi connectivity index (χ4n) is 3.30. The van der Waals surface area contributed by atoms with Crippen molar-refractivity contribution in [1.29, 1.82) is 0 Å². The lowest BCUT2D eigenvalue weighted by Crippen LogP contribution is -2.35. The van der Waals surface area contributed by atoms with Gasteiger partial charge in [0, 0.05) is 29.2 Å². The number of rotatable bonds is 4. The predicted octanol–water partition coefficient (Wildman–Crippen LogP) is 4.59. The van der Waals surface area contributed by atoms with E-state index in [1.807, 2.05) is 30.9 Å². The Balaban J connectivity index is 1.65. The van der Waals surface area contributed by atoms with Gasteiger partial charge in [0.1, 0.15) is 5.00 Å². The molecule has 2 heterocycles. The highest BCUT2D eigenvalue weighted by atomic mass is 32.1. The topological polar surface area (TPSA) is 70.7 Å². The molecule has 2 N–H and O–H groups in total. The van der Waals surface area contributed by atoms with Gasteiger partial charge in [0.05, 0.1) is 12.7 Å². The molecule has 1 saturated heterocycles. The zero-order chi connectivity index (χ0) is 21.0. The number of nitrogens with zero attached hydrogens (tertiary/aromatic N) is 1. The third-order valence-corrected chi connectivity index (χ3v) is 6.36. The summed E-state index contributed by atoms with van der Waals surface area (Å²) in [5.41, 5.74) is 2.82. The van der Waals surface area contributed by atoms with Crippen molar-refractivity contribution in [3.8, 4) is 0 Å². The summed E-state index contributed by atoms with van der Waals surface area (Å²) < 4.78 is 4.88. The number of thiophene rings is 1. The van der Waals surface area contributed by atoms with Gasteiger partial charge >= 0.3 is 5.97 Å². The van der Waals surface area contributed by atoms with Crippen LogP contribution >= 0.6 is 23.6 Å². The van der Waals surface area contributed by atoms with Crippen LogP contribution in [0.25, 0.3) is 0 Å². The van der Waals surface area contributed by atoms with E-state index in [-0.39, 0.29) is 5.91 Å². The van der Waals surface area contributed by atoms with E-state index in [1.165, 1.54) is 24.9 Å². The predicted molar refractivity (Wildman–Crippen MR) is 121 cm³/mol. The average molecular weight is 432 g/mol. The minimum atomic E-state index is -0.391. The zero-order valence-corrected chi connectivity index (χ0v) is 18.5. The molecule has 0 radical (unpaired) electrons. The quantitative estimate of drug-likeness (QED) is 0.545. The Hall–Kier alpha value is -2.45. The van der Waals surface area contributed by atoms with E-state index < -0.39 is 5.97 Å².